The first-order valence-corrected chi connectivity index (χ1v) is 11.6. The smallest absolute Gasteiger partial charge is 0.329 e. The van der Waals surface area contributed by atoms with Gasteiger partial charge in [-0.05, 0) is 73.7 Å². The Labute approximate surface area is 210 Å². The predicted octanol–water partition coefficient (Wildman–Crippen LogP) is 4.28. The van der Waals surface area contributed by atoms with Crippen molar-refractivity contribution in [2.45, 2.75) is 34.1 Å². The number of nitrogens with one attached hydrogen (secondary N) is 3. The molecule has 3 aromatic rings. The summed E-state index contributed by atoms with van der Waals surface area (Å²) in [5, 5.41) is 9.25. The van der Waals surface area contributed by atoms with Crippen LogP contribution in [0.5, 0.6) is 5.75 Å². The number of ether oxygens (including phenoxy) is 1. The standard InChI is InChI=1S/C28H30N4O4/c1-5-21-9-11-23(12-10-21)30-27(34)28(35)32-29-16-22-7-6-8-24(15-22)36-17-25(33)31-26-19(3)13-18(2)14-20(26)4/h6-16H,5,17H2,1-4H3,(H,30,34)(H,31,33)(H,32,35)/b29-16-. The highest BCUT2D eigenvalue weighted by molar-refractivity contribution is 6.39. The van der Waals surface area contributed by atoms with Gasteiger partial charge >= 0.3 is 11.8 Å². The highest BCUT2D eigenvalue weighted by Gasteiger charge is 2.13. The summed E-state index contributed by atoms with van der Waals surface area (Å²) in [7, 11) is 0. The van der Waals surface area contributed by atoms with Gasteiger partial charge in [-0.25, -0.2) is 5.43 Å². The topological polar surface area (TPSA) is 109 Å². The van der Waals surface area contributed by atoms with Crippen molar-refractivity contribution in [2.24, 2.45) is 5.10 Å². The number of rotatable bonds is 8. The molecule has 0 saturated heterocycles. The van der Waals surface area contributed by atoms with Gasteiger partial charge in [-0.1, -0.05) is 48.9 Å². The summed E-state index contributed by atoms with van der Waals surface area (Å²) in [4.78, 5) is 36.4. The first-order chi connectivity index (χ1) is 17.2. The molecule has 0 radical (unpaired) electrons. The molecule has 3 N–H and O–H groups in total. The number of amides is 3. The van der Waals surface area contributed by atoms with Gasteiger partial charge < -0.3 is 15.4 Å². The van der Waals surface area contributed by atoms with Gasteiger partial charge in [0.25, 0.3) is 5.91 Å². The van der Waals surface area contributed by atoms with Crippen LogP contribution in [0.1, 0.15) is 34.7 Å². The van der Waals surface area contributed by atoms with Crippen LogP contribution >= 0.6 is 0 Å². The molecule has 0 saturated carbocycles. The van der Waals surface area contributed by atoms with E-state index in [2.05, 4.69) is 21.2 Å². The number of aryl methyl sites for hydroxylation is 4. The van der Waals surface area contributed by atoms with Gasteiger partial charge in [-0.2, -0.15) is 5.10 Å². The van der Waals surface area contributed by atoms with E-state index in [0.29, 0.717) is 17.0 Å². The average Bonchev–Trinajstić information content (AvgIpc) is 2.85. The number of anilines is 2. The summed E-state index contributed by atoms with van der Waals surface area (Å²) >= 11 is 0. The molecule has 8 heteroatoms. The van der Waals surface area contributed by atoms with Gasteiger partial charge in [-0.3, -0.25) is 14.4 Å². The van der Waals surface area contributed by atoms with Gasteiger partial charge in [0.15, 0.2) is 6.61 Å². The maximum absolute atomic E-state index is 12.4. The molecule has 8 nitrogen and oxygen atoms in total. The van der Waals surface area contributed by atoms with Crippen molar-refractivity contribution in [2.75, 3.05) is 17.2 Å². The van der Waals surface area contributed by atoms with Gasteiger partial charge in [-0.15, -0.1) is 0 Å². The Morgan fingerprint density at radius 3 is 2.25 bits per heavy atom. The normalized spacial score (nSPS) is 10.7. The minimum Gasteiger partial charge on any atom is -0.484 e. The molecule has 3 rings (SSSR count). The van der Waals surface area contributed by atoms with Crippen LogP contribution in [0, 0.1) is 20.8 Å². The van der Waals surface area contributed by atoms with Gasteiger partial charge in [0.1, 0.15) is 5.75 Å². The van der Waals surface area contributed by atoms with Crippen LogP contribution in [-0.4, -0.2) is 30.5 Å². The van der Waals surface area contributed by atoms with E-state index in [1.165, 1.54) is 6.21 Å². The largest absolute Gasteiger partial charge is 0.484 e. The van der Waals surface area contributed by atoms with Crippen LogP contribution in [0.3, 0.4) is 0 Å². The van der Waals surface area contributed by atoms with Gasteiger partial charge in [0, 0.05) is 11.4 Å². The molecule has 0 bridgehead atoms. The zero-order chi connectivity index (χ0) is 26.1. The molecule has 186 valence electrons. The average molecular weight is 487 g/mol. The molecule has 0 aliphatic heterocycles. The van der Waals surface area contributed by atoms with E-state index in [0.717, 1.165) is 34.4 Å². The molecule has 0 fully saturated rings. The summed E-state index contributed by atoms with van der Waals surface area (Å²) < 4.78 is 5.61. The lowest BCUT2D eigenvalue weighted by molar-refractivity contribution is -0.136. The van der Waals surface area contributed by atoms with E-state index >= 15 is 0 Å². The molecule has 3 aromatic carbocycles. The van der Waals surface area contributed by atoms with E-state index < -0.39 is 11.8 Å². The van der Waals surface area contributed by atoms with E-state index in [9.17, 15) is 14.4 Å². The summed E-state index contributed by atoms with van der Waals surface area (Å²) in [6.07, 6.45) is 2.27. The molecule has 0 atom stereocenters. The fourth-order valence-electron chi connectivity index (χ4n) is 3.61. The second kappa shape index (κ2) is 12.3. The van der Waals surface area contributed by atoms with Crippen molar-refractivity contribution in [3.63, 3.8) is 0 Å². The number of carbonyl (C=O) groups excluding carboxylic acids is 3. The Morgan fingerprint density at radius 1 is 0.889 bits per heavy atom. The highest BCUT2D eigenvalue weighted by atomic mass is 16.5. The quantitative estimate of drug-likeness (QED) is 0.251. The number of hydrogen-bond acceptors (Lipinski definition) is 5. The summed E-state index contributed by atoms with van der Waals surface area (Å²) in [6, 6.07) is 18.1. The monoisotopic (exact) mass is 486 g/mol. The predicted molar refractivity (Wildman–Crippen MR) is 141 cm³/mol. The molecule has 0 aliphatic rings. The second-order valence-electron chi connectivity index (χ2n) is 8.39. The van der Waals surface area contributed by atoms with E-state index in [-0.39, 0.29) is 12.5 Å². The fraction of sp³-hybridized carbons (Fsp3) is 0.214. The first-order valence-electron chi connectivity index (χ1n) is 11.6. The molecular weight excluding hydrogens is 456 g/mol. The first kappa shape index (κ1) is 26.2. The Kier molecular flexibility index (Phi) is 8.94. The lowest BCUT2D eigenvalue weighted by atomic mass is 10.1. The number of nitrogens with zero attached hydrogens (tertiary/aromatic N) is 1. The summed E-state index contributed by atoms with van der Waals surface area (Å²) in [6.45, 7) is 7.78. The van der Waals surface area contributed by atoms with Crippen LogP contribution in [0.15, 0.2) is 65.8 Å². The van der Waals surface area contributed by atoms with Crippen LogP contribution in [0.4, 0.5) is 11.4 Å². The Balaban J connectivity index is 1.49. The van der Waals surface area contributed by atoms with Gasteiger partial charge in [0.05, 0.1) is 6.21 Å². The molecule has 0 spiro atoms. The van der Waals surface area contributed by atoms with Crippen molar-refractivity contribution in [3.8, 4) is 5.75 Å². The lowest BCUT2D eigenvalue weighted by Crippen LogP contribution is -2.32. The number of hydrazone groups is 1. The van der Waals surface area contributed by atoms with Crippen LogP contribution < -0.4 is 20.8 Å². The summed E-state index contributed by atoms with van der Waals surface area (Å²) in [5.74, 6) is -1.52. The number of hydrogen-bond donors (Lipinski definition) is 3. The Morgan fingerprint density at radius 2 is 1.58 bits per heavy atom. The molecule has 3 amide bonds. The third kappa shape index (κ3) is 7.53. The SMILES string of the molecule is CCc1ccc(NC(=O)C(=O)N/N=C\c2cccc(OCC(=O)Nc3c(C)cc(C)cc3C)c2)cc1. The molecule has 0 aromatic heterocycles. The molecule has 0 aliphatic carbocycles. The van der Waals surface area contributed by atoms with Crippen LogP contribution in [0.25, 0.3) is 0 Å². The maximum Gasteiger partial charge on any atom is 0.329 e. The number of carbonyl (C=O) groups is 3. The second-order valence-corrected chi connectivity index (χ2v) is 8.39. The molecule has 36 heavy (non-hydrogen) atoms. The van der Waals surface area contributed by atoms with Crippen molar-refractivity contribution in [3.05, 3.63) is 88.5 Å². The fourth-order valence-corrected chi connectivity index (χ4v) is 3.61. The van der Waals surface area contributed by atoms with Crippen LogP contribution in [-0.2, 0) is 20.8 Å². The van der Waals surface area contributed by atoms with Crippen molar-refractivity contribution in [1.29, 1.82) is 0 Å². The third-order valence-corrected chi connectivity index (χ3v) is 5.38. The van der Waals surface area contributed by atoms with E-state index in [4.69, 9.17) is 4.74 Å². The molecular formula is C28H30N4O4. The van der Waals surface area contributed by atoms with Crippen molar-refractivity contribution < 1.29 is 19.1 Å². The lowest BCUT2D eigenvalue weighted by Gasteiger charge is -2.13. The summed E-state index contributed by atoms with van der Waals surface area (Å²) in [5.41, 5.74) is 8.37. The third-order valence-electron chi connectivity index (χ3n) is 5.38. The maximum atomic E-state index is 12.4. The Hall–Kier alpha value is -4.46. The minimum absolute atomic E-state index is 0.163. The zero-order valence-electron chi connectivity index (χ0n) is 20.8. The van der Waals surface area contributed by atoms with Crippen molar-refractivity contribution >= 4 is 35.3 Å². The zero-order valence-corrected chi connectivity index (χ0v) is 20.8. The van der Waals surface area contributed by atoms with E-state index in [1.54, 1.807) is 36.4 Å². The van der Waals surface area contributed by atoms with Gasteiger partial charge in [0.2, 0.25) is 0 Å². The highest BCUT2D eigenvalue weighted by Crippen LogP contribution is 2.22. The van der Waals surface area contributed by atoms with Crippen molar-refractivity contribution in [1.82, 2.24) is 5.43 Å². The van der Waals surface area contributed by atoms with E-state index in [1.807, 2.05) is 52.0 Å². The van der Waals surface area contributed by atoms with Crippen LogP contribution in [0.2, 0.25) is 0 Å². The number of benzene rings is 3. The molecule has 0 unspecified atom stereocenters. The molecule has 0 heterocycles. The minimum atomic E-state index is -0.892. The Bertz CT molecular complexity index is 1260.